The van der Waals surface area contributed by atoms with Gasteiger partial charge < -0.3 is 20.1 Å². The lowest BCUT2D eigenvalue weighted by Gasteiger charge is -2.27. The van der Waals surface area contributed by atoms with Crippen LogP contribution in [0.5, 0.6) is 5.75 Å². The largest absolute Gasteiger partial charge is 0.480 e. The van der Waals surface area contributed by atoms with Crippen molar-refractivity contribution in [2.24, 2.45) is 0 Å². The highest BCUT2D eigenvalue weighted by Gasteiger charge is 2.31. The minimum atomic E-state index is -1.09. The second-order valence-electron chi connectivity index (χ2n) is 4.60. The Labute approximate surface area is 121 Å². The van der Waals surface area contributed by atoms with Crippen LogP contribution < -0.4 is 10.1 Å². The first-order valence-electron chi connectivity index (χ1n) is 6.57. The normalized spacial score (nSPS) is 16.4. The average Bonchev–Trinajstić information content (AvgIpc) is 2.45. The van der Waals surface area contributed by atoms with Crippen LogP contribution in [-0.4, -0.2) is 47.0 Å². The first kappa shape index (κ1) is 14.8. The molecule has 0 aliphatic carbocycles. The molecule has 0 bridgehead atoms. The zero-order chi connectivity index (χ0) is 15.4. The summed E-state index contributed by atoms with van der Waals surface area (Å²) in [5, 5.41) is 11.4. The molecule has 2 amide bonds. The Morgan fingerprint density at radius 3 is 2.76 bits per heavy atom. The molecule has 1 heterocycles. The number of likely N-dealkylation sites (N-methyl/N-ethyl adjacent to an activating group) is 1. The number of para-hydroxylation sites is 2. The van der Waals surface area contributed by atoms with Gasteiger partial charge in [-0.25, -0.2) is 0 Å². The van der Waals surface area contributed by atoms with Crippen molar-refractivity contribution in [3.05, 3.63) is 24.3 Å². The van der Waals surface area contributed by atoms with E-state index in [2.05, 4.69) is 5.32 Å². The Balaban J connectivity index is 2.04. The number of carboxylic acid groups (broad SMARTS) is 1. The van der Waals surface area contributed by atoms with Crippen LogP contribution in [0.4, 0.5) is 5.69 Å². The summed E-state index contributed by atoms with van der Waals surface area (Å²) in [4.78, 5) is 35.8. The summed E-state index contributed by atoms with van der Waals surface area (Å²) in [5.41, 5.74) is 0.559. The number of carbonyl (C=O) groups is 3. The highest BCUT2D eigenvalue weighted by Crippen LogP contribution is 2.29. The van der Waals surface area contributed by atoms with Crippen LogP contribution in [0, 0.1) is 0 Å². The molecule has 21 heavy (non-hydrogen) atoms. The number of aliphatic carboxylic acids is 1. The molecule has 2 N–H and O–H groups in total. The topological polar surface area (TPSA) is 95.9 Å². The van der Waals surface area contributed by atoms with Gasteiger partial charge in [0.25, 0.3) is 5.91 Å². The molecule has 0 saturated heterocycles. The molecular formula is C14H16N2O5. The van der Waals surface area contributed by atoms with Gasteiger partial charge in [0.15, 0.2) is 6.10 Å². The Hall–Kier alpha value is -2.57. The fourth-order valence-electron chi connectivity index (χ4n) is 2.05. The lowest BCUT2D eigenvalue weighted by molar-refractivity contribution is -0.145. The fourth-order valence-corrected chi connectivity index (χ4v) is 2.05. The number of amides is 2. The van der Waals surface area contributed by atoms with Crippen molar-refractivity contribution < 1.29 is 24.2 Å². The van der Waals surface area contributed by atoms with Gasteiger partial charge in [-0.2, -0.15) is 0 Å². The molecule has 1 aliphatic rings. The standard InChI is InChI=1S/C14H16N2O5/c1-2-16(8-13(18)19)12(17)7-11-14(20)15-9-5-3-4-6-10(9)21-11/h3-6,11H,2,7-8H2,1H3,(H,15,20)(H,18,19). The maximum Gasteiger partial charge on any atom is 0.323 e. The van der Waals surface area contributed by atoms with Gasteiger partial charge in [0, 0.05) is 6.54 Å². The molecule has 1 atom stereocenters. The van der Waals surface area contributed by atoms with Crippen LogP contribution in [0.25, 0.3) is 0 Å². The Kier molecular flexibility index (Phi) is 4.42. The second-order valence-corrected chi connectivity index (χ2v) is 4.60. The van der Waals surface area contributed by atoms with E-state index in [-0.39, 0.29) is 19.5 Å². The maximum atomic E-state index is 12.0. The zero-order valence-electron chi connectivity index (χ0n) is 11.5. The molecule has 1 aromatic rings. The van der Waals surface area contributed by atoms with Crippen molar-refractivity contribution in [1.82, 2.24) is 4.90 Å². The number of anilines is 1. The van der Waals surface area contributed by atoms with E-state index in [0.717, 1.165) is 0 Å². The van der Waals surface area contributed by atoms with E-state index in [1.165, 1.54) is 4.90 Å². The van der Waals surface area contributed by atoms with Crippen molar-refractivity contribution in [3.63, 3.8) is 0 Å². The quantitative estimate of drug-likeness (QED) is 0.833. The number of nitrogens with zero attached hydrogens (tertiary/aromatic N) is 1. The van der Waals surface area contributed by atoms with Crippen LogP contribution >= 0.6 is 0 Å². The summed E-state index contributed by atoms with van der Waals surface area (Å²) in [6.07, 6.45) is -1.14. The van der Waals surface area contributed by atoms with Gasteiger partial charge in [-0.15, -0.1) is 0 Å². The first-order valence-corrected chi connectivity index (χ1v) is 6.57. The predicted octanol–water partition coefficient (Wildman–Crippen LogP) is 0.709. The third-order valence-corrected chi connectivity index (χ3v) is 3.13. The highest BCUT2D eigenvalue weighted by molar-refractivity contribution is 6.00. The number of rotatable bonds is 5. The molecule has 1 unspecified atom stereocenters. The van der Waals surface area contributed by atoms with E-state index in [1.54, 1.807) is 31.2 Å². The molecule has 1 aliphatic heterocycles. The smallest absolute Gasteiger partial charge is 0.323 e. The Morgan fingerprint density at radius 1 is 1.38 bits per heavy atom. The molecule has 7 nitrogen and oxygen atoms in total. The van der Waals surface area contributed by atoms with Gasteiger partial charge in [-0.05, 0) is 19.1 Å². The average molecular weight is 292 g/mol. The lowest BCUT2D eigenvalue weighted by Crippen LogP contribution is -2.43. The third-order valence-electron chi connectivity index (χ3n) is 3.13. The van der Waals surface area contributed by atoms with E-state index in [4.69, 9.17) is 9.84 Å². The molecule has 7 heteroatoms. The summed E-state index contributed by atoms with van der Waals surface area (Å²) < 4.78 is 5.51. The van der Waals surface area contributed by atoms with Crippen LogP contribution in [0.3, 0.4) is 0 Å². The van der Waals surface area contributed by atoms with Gasteiger partial charge in [0.1, 0.15) is 12.3 Å². The molecule has 2 rings (SSSR count). The number of benzene rings is 1. The summed E-state index contributed by atoms with van der Waals surface area (Å²) in [6.45, 7) is 1.55. The number of carboxylic acids is 1. The van der Waals surface area contributed by atoms with Crippen LogP contribution in [0.1, 0.15) is 13.3 Å². The summed E-state index contributed by atoms with van der Waals surface area (Å²) in [7, 11) is 0. The van der Waals surface area contributed by atoms with Gasteiger partial charge >= 0.3 is 5.97 Å². The van der Waals surface area contributed by atoms with Gasteiger partial charge in [0.05, 0.1) is 12.1 Å². The summed E-state index contributed by atoms with van der Waals surface area (Å²) >= 11 is 0. The van der Waals surface area contributed by atoms with Gasteiger partial charge in [-0.1, -0.05) is 12.1 Å². The number of nitrogens with one attached hydrogen (secondary N) is 1. The molecule has 0 saturated carbocycles. The van der Waals surface area contributed by atoms with Crippen LogP contribution in [0.2, 0.25) is 0 Å². The zero-order valence-corrected chi connectivity index (χ0v) is 11.5. The molecular weight excluding hydrogens is 276 g/mol. The first-order chi connectivity index (χ1) is 10.0. The monoisotopic (exact) mass is 292 g/mol. The van der Waals surface area contributed by atoms with Crippen molar-refractivity contribution >= 4 is 23.5 Å². The molecule has 1 aromatic carbocycles. The van der Waals surface area contributed by atoms with Crippen molar-refractivity contribution in [3.8, 4) is 5.75 Å². The number of ether oxygens (including phenoxy) is 1. The predicted molar refractivity (Wildman–Crippen MR) is 74.0 cm³/mol. The molecule has 0 radical (unpaired) electrons. The highest BCUT2D eigenvalue weighted by atomic mass is 16.5. The lowest BCUT2D eigenvalue weighted by atomic mass is 10.1. The van der Waals surface area contributed by atoms with E-state index >= 15 is 0 Å². The minimum Gasteiger partial charge on any atom is -0.480 e. The Morgan fingerprint density at radius 2 is 2.10 bits per heavy atom. The van der Waals surface area contributed by atoms with E-state index < -0.39 is 23.9 Å². The van der Waals surface area contributed by atoms with Crippen molar-refractivity contribution in [2.45, 2.75) is 19.4 Å². The fraction of sp³-hybridized carbons (Fsp3) is 0.357. The number of hydrogen-bond acceptors (Lipinski definition) is 4. The third kappa shape index (κ3) is 3.50. The molecule has 0 fully saturated rings. The van der Waals surface area contributed by atoms with Gasteiger partial charge in [-0.3, -0.25) is 14.4 Å². The maximum absolute atomic E-state index is 12.0. The SMILES string of the molecule is CCN(CC(=O)O)C(=O)CC1Oc2ccccc2NC1=O. The van der Waals surface area contributed by atoms with Gasteiger partial charge in [0.2, 0.25) is 5.91 Å². The Bertz CT molecular complexity index is 572. The molecule has 0 spiro atoms. The molecule has 112 valence electrons. The van der Waals surface area contributed by atoms with E-state index in [0.29, 0.717) is 11.4 Å². The minimum absolute atomic E-state index is 0.193. The molecule has 0 aromatic heterocycles. The summed E-state index contributed by atoms with van der Waals surface area (Å²) in [5.74, 6) is -1.44. The van der Waals surface area contributed by atoms with Crippen molar-refractivity contribution in [2.75, 3.05) is 18.4 Å². The number of fused-ring (bicyclic) bond motifs is 1. The second kappa shape index (κ2) is 6.25. The van der Waals surface area contributed by atoms with Crippen molar-refractivity contribution in [1.29, 1.82) is 0 Å². The number of carbonyl (C=O) groups excluding carboxylic acids is 2. The summed E-state index contributed by atoms with van der Waals surface area (Å²) in [6, 6.07) is 6.92. The van der Waals surface area contributed by atoms with Crippen LogP contribution in [0.15, 0.2) is 24.3 Å². The van der Waals surface area contributed by atoms with E-state index in [1.807, 2.05) is 0 Å². The van der Waals surface area contributed by atoms with Crippen LogP contribution in [-0.2, 0) is 14.4 Å². The number of hydrogen-bond donors (Lipinski definition) is 2. The van der Waals surface area contributed by atoms with E-state index in [9.17, 15) is 14.4 Å².